The molecule has 21 heavy (non-hydrogen) atoms. The van der Waals surface area contributed by atoms with Gasteiger partial charge >= 0.3 is 0 Å². The lowest BCUT2D eigenvalue weighted by molar-refractivity contribution is 0.470. The molecule has 0 radical (unpaired) electrons. The van der Waals surface area contributed by atoms with Crippen molar-refractivity contribution in [3.05, 3.63) is 52.3 Å². The molecule has 1 unspecified atom stereocenters. The number of hydrogen-bond donors (Lipinski definition) is 1. The number of benzene rings is 1. The zero-order valence-electron chi connectivity index (χ0n) is 12.8. The van der Waals surface area contributed by atoms with E-state index in [2.05, 4.69) is 63.7 Å². The van der Waals surface area contributed by atoms with Gasteiger partial charge in [0.1, 0.15) is 0 Å². The van der Waals surface area contributed by atoms with Crippen molar-refractivity contribution in [2.75, 3.05) is 13.1 Å². The van der Waals surface area contributed by atoms with Gasteiger partial charge in [-0.25, -0.2) is 0 Å². The van der Waals surface area contributed by atoms with Crippen LogP contribution in [0.3, 0.4) is 0 Å². The molecule has 4 heteroatoms. The summed E-state index contributed by atoms with van der Waals surface area (Å²) in [5.74, 6) is 0.599. The number of nitrogens with zero attached hydrogens (tertiary/aromatic N) is 2. The molecule has 0 aliphatic carbocycles. The Balaban J connectivity index is 1.98. The first kappa shape index (κ1) is 16.2. The van der Waals surface area contributed by atoms with Gasteiger partial charge in [-0.05, 0) is 61.5 Å². The summed E-state index contributed by atoms with van der Waals surface area (Å²) in [7, 11) is 1.97. The summed E-state index contributed by atoms with van der Waals surface area (Å²) >= 11 is 3.50. The highest BCUT2D eigenvalue weighted by molar-refractivity contribution is 9.10. The Morgan fingerprint density at radius 3 is 2.52 bits per heavy atom. The molecule has 1 aromatic carbocycles. The standard InChI is InChI=1S/C17H24BrN3/c1-3-8-19-11-15(10-16-12-20-21(2)13-16)9-14-4-6-17(18)7-5-14/h4-7,12-13,15,19H,3,8-11H2,1-2H3. The minimum Gasteiger partial charge on any atom is -0.316 e. The van der Waals surface area contributed by atoms with Crippen LogP contribution in [0, 0.1) is 5.92 Å². The highest BCUT2D eigenvalue weighted by Gasteiger charge is 2.12. The first-order valence-electron chi connectivity index (χ1n) is 7.60. The van der Waals surface area contributed by atoms with Crippen LogP contribution in [0.25, 0.3) is 0 Å². The fraction of sp³-hybridized carbons (Fsp3) is 0.471. The van der Waals surface area contributed by atoms with E-state index < -0.39 is 0 Å². The lowest BCUT2D eigenvalue weighted by Crippen LogP contribution is -2.26. The Labute approximate surface area is 135 Å². The molecule has 0 bridgehead atoms. The van der Waals surface area contributed by atoms with Crippen LogP contribution in [-0.4, -0.2) is 22.9 Å². The van der Waals surface area contributed by atoms with E-state index in [-0.39, 0.29) is 0 Å². The zero-order valence-corrected chi connectivity index (χ0v) is 14.4. The Bertz CT molecular complexity index is 533. The molecular weight excluding hydrogens is 326 g/mol. The lowest BCUT2D eigenvalue weighted by Gasteiger charge is -2.17. The lowest BCUT2D eigenvalue weighted by atomic mass is 9.93. The maximum absolute atomic E-state index is 4.27. The third kappa shape index (κ3) is 5.64. The second-order valence-electron chi connectivity index (χ2n) is 5.63. The topological polar surface area (TPSA) is 29.9 Å². The van der Waals surface area contributed by atoms with Gasteiger partial charge in [-0.3, -0.25) is 4.68 Å². The maximum Gasteiger partial charge on any atom is 0.0521 e. The normalized spacial score (nSPS) is 12.5. The van der Waals surface area contributed by atoms with Gasteiger partial charge in [0.25, 0.3) is 0 Å². The quantitative estimate of drug-likeness (QED) is 0.738. The van der Waals surface area contributed by atoms with Crippen molar-refractivity contribution < 1.29 is 0 Å². The minimum absolute atomic E-state index is 0.599. The summed E-state index contributed by atoms with van der Waals surface area (Å²) in [5.41, 5.74) is 2.71. The van der Waals surface area contributed by atoms with Crippen molar-refractivity contribution in [3.63, 3.8) is 0 Å². The summed E-state index contributed by atoms with van der Waals surface area (Å²) in [6.45, 7) is 4.35. The summed E-state index contributed by atoms with van der Waals surface area (Å²) in [6, 6.07) is 8.66. The maximum atomic E-state index is 4.27. The summed E-state index contributed by atoms with van der Waals surface area (Å²) in [4.78, 5) is 0. The Kier molecular flexibility index (Phi) is 6.46. The third-order valence-corrected chi connectivity index (χ3v) is 4.11. The van der Waals surface area contributed by atoms with E-state index in [0.717, 1.165) is 30.4 Å². The van der Waals surface area contributed by atoms with Gasteiger partial charge in [0, 0.05) is 17.7 Å². The average Bonchev–Trinajstić information content (AvgIpc) is 2.87. The van der Waals surface area contributed by atoms with Crippen LogP contribution in [0.4, 0.5) is 0 Å². The van der Waals surface area contributed by atoms with Crippen LogP contribution < -0.4 is 5.32 Å². The van der Waals surface area contributed by atoms with Crippen molar-refractivity contribution in [2.24, 2.45) is 13.0 Å². The Hall–Kier alpha value is -1.13. The second kappa shape index (κ2) is 8.35. The molecule has 2 rings (SSSR count). The van der Waals surface area contributed by atoms with E-state index in [1.807, 2.05) is 17.9 Å². The van der Waals surface area contributed by atoms with Gasteiger partial charge in [0.2, 0.25) is 0 Å². The summed E-state index contributed by atoms with van der Waals surface area (Å²) < 4.78 is 3.02. The van der Waals surface area contributed by atoms with E-state index in [1.54, 1.807) is 0 Å². The van der Waals surface area contributed by atoms with Gasteiger partial charge in [-0.1, -0.05) is 35.0 Å². The van der Waals surface area contributed by atoms with Crippen LogP contribution >= 0.6 is 15.9 Å². The molecular formula is C17H24BrN3. The number of aromatic nitrogens is 2. The van der Waals surface area contributed by atoms with E-state index in [9.17, 15) is 0 Å². The molecule has 0 aliphatic heterocycles. The van der Waals surface area contributed by atoms with Gasteiger partial charge in [-0.2, -0.15) is 5.10 Å². The second-order valence-corrected chi connectivity index (χ2v) is 6.54. The molecule has 3 nitrogen and oxygen atoms in total. The SMILES string of the molecule is CCCNCC(Cc1ccc(Br)cc1)Cc1cnn(C)c1. The van der Waals surface area contributed by atoms with Gasteiger partial charge in [0.05, 0.1) is 6.20 Å². The minimum atomic E-state index is 0.599. The molecule has 0 spiro atoms. The molecule has 0 saturated carbocycles. The first-order valence-corrected chi connectivity index (χ1v) is 8.39. The smallest absolute Gasteiger partial charge is 0.0521 e. The monoisotopic (exact) mass is 349 g/mol. The molecule has 0 saturated heterocycles. The molecule has 1 heterocycles. The van der Waals surface area contributed by atoms with Crippen LogP contribution in [0.5, 0.6) is 0 Å². The van der Waals surface area contributed by atoms with Gasteiger partial charge in [-0.15, -0.1) is 0 Å². The average molecular weight is 350 g/mol. The number of aryl methyl sites for hydroxylation is 1. The number of nitrogens with one attached hydrogen (secondary N) is 1. The molecule has 1 atom stereocenters. The van der Waals surface area contributed by atoms with Crippen LogP contribution in [0.1, 0.15) is 24.5 Å². The van der Waals surface area contributed by atoms with Crippen LogP contribution in [0.2, 0.25) is 0 Å². The number of hydrogen-bond acceptors (Lipinski definition) is 2. The molecule has 0 fully saturated rings. The van der Waals surface area contributed by atoms with E-state index in [1.165, 1.54) is 17.5 Å². The Morgan fingerprint density at radius 1 is 1.19 bits per heavy atom. The number of halogens is 1. The van der Waals surface area contributed by atoms with Gasteiger partial charge in [0.15, 0.2) is 0 Å². The predicted octanol–water partition coefficient (Wildman–Crippen LogP) is 3.58. The highest BCUT2D eigenvalue weighted by atomic mass is 79.9. The van der Waals surface area contributed by atoms with Crippen molar-refractivity contribution in [1.82, 2.24) is 15.1 Å². The molecule has 1 aromatic heterocycles. The van der Waals surface area contributed by atoms with Crippen LogP contribution in [0.15, 0.2) is 41.1 Å². The third-order valence-electron chi connectivity index (χ3n) is 3.58. The van der Waals surface area contributed by atoms with E-state index in [0.29, 0.717) is 5.92 Å². The van der Waals surface area contributed by atoms with E-state index in [4.69, 9.17) is 0 Å². The number of rotatable bonds is 8. The predicted molar refractivity (Wildman–Crippen MR) is 91.4 cm³/mol. The molecule has 0 amide bonds. The first-order chi connectivity index (χ1) is 10.2. The van der Waals surface area contributed by atoms with Crippen molar-refractivity contribution in [2.45, 2.75) is 26.2 Å². The fourth-order valence-electron chi connectivity index (χ4n) is 2.56. The summed E-state index contributed by atoms with van der Waals surface area (Å²) in [6.07, 6.45) is 7.44. The summed E-state index contributed by atoms with van der Waals surface area (Å²) in [5, 5.41) is 7.83. The largest absolute Gasteiger partial charge is 0.316 e. The fourth-order valence-corrected chi connectivity index (χ4v) is 2.83. The highest BCUT2D eigenvalue weighted by Crippen LogP contribution is 2.17. The van der Waals surface area contributed by atoms with E-state index >= 15 is 0 Å². The van der Waals surface area contributed by atoms with Gasteiger partial charge < -0.3 is 5.32 Å². The van der Waals surface area contributed by atoms with Crippen molar-refractivity contribution in [3.8, 4) is 0 Å². The molecule has 2 aromatic rings. The molecule has 114 valence electrons. The molecule has 0 aliphatic rings. The molecule has 1 N–H and O–H groups in total. The van der Waals surface area contributed by atoms with Crippen molar-refractivity contribution >= 4 is 15.9 Å². The van der Waals surface area contributed by atoms with Crippen molar-refractivity contribution in [1.29, 1.82) is 0 Å². The van der Waals surface area contributed by atoms with Crippen LogP contribution in [-0.2, 0) is 19.9 Å². The zero-order chi connectivity index (χ0) is 15.1. The Morgan fingerprint density at radius 2 is 1.90 bits per heavy atom.